The summed E-state index contributed by atoms with van der Waals surface area (Å²) in [6, 6.07) is 0. The summed E-state index contributed by atoms with van der Waals surface area (Å²) in [5.74, 6) is 0. The maximum atomic E-state index is 8.16. The van der Waals surface area contributed by atoms with E-state index in [2.05, 4.69) is 5.09 Å². The van der Waals surface area contributed by atoms with Crippen molar-refractivity contribution in [3.8, 4) is 0 Å². The van der Waals surface area contributed by atoms with Crippen LogP contribution in [0.15, 0.2) is 0 Å². The van der Waals surface area contributed by atoms with Crippen LogP contribution in [0, 0.1) is 0 Å². The normalized spacial score (nSPS) is 14.3. The van der Waals surface area contributed by atoms with E-state index in [1.807, 2.05) is 0 Å². The molecule has 0 aromatic heterocycles. The van der Waals surface area contributed by atoms with Crippen molar-refractivity contribution in [3.05, 3.63) is 0 Å². The minimum absolute atomic E-state index is 0.371. The molecule has 0 rings (SSSR count). The summed E-state index contributed by atoms with van der Waals surface area (Å²) < 4.78 is 0. The van der Waals surface area contributed by atoms with Gasteiger partial charge in [0.15, 0.2) is 0 Å². The van der Waals surface area contributed by atoms with E-state index in [9.17, 15) is 0 Å². The Balaban J connectivity index is 3.15. The Morgan fingerprint density at radius 1 is 1.43 bits per heavy atom. The van der Waals surface area contributed by atoms with Crippen molar-refractivity contribution in [1.29, 1.82) is 0 Å². The number of hydrogen-bond donors (Lipinski definition) is 4. The molecule has 0 saturated heterocycles. The molecule has 0 aliphatic heterocycles. The molecule has 7 heavy (non-hydrogen) atoms. The molecule has 5 heteroatoms. The molecule has 0 aromatic carbocycles. The Bertz CT molecular complexity index is 51.4. The van der Waals surface area contributed by atoms with E-state index in [0.717, 1.165) is 0 Å². The molecule has 46 valence electrons. The third-order valence-electron chi connectivity index (χ3n) is 0.414. The van der Waals surface area contributed by atoms with Gasteiger partial charge < -0.3 is 0 Å². The van der Waals surface area contributed by atoms with Crippen molar-refractivity contribution in [2.75, 3.05) is 6.54 Å². The van der Waals surface area contributed by atoms with Gasteiger partial charge in [0.25, 0.3) is 0 Å². The van der Waals surface area contributed by atoms with E-state index in [1.54, 1.807) is 6.92 Å². The van der Waals surface area contributed by atoms with Crippen LogP contribution in [0.1, 0.15) is 6.92 Å². The van der Waals surface area contributed by atoms with Crippen LogP contribution in [0.4, 0.5) is 0 Å². The van der Waals surface area contributed by atoms with Gasteiger partial charge >= 0.3 is 41.3 Å². The van der Waals surface area contributed by atoms with Gasteiger partial charge in [-0.2, -0.15) is 0 Å². The molecule has 0 radical (unpaired) electrons. The van der Waals surface area contributed by atoms with Crippen molar-refractivity contribution in [1.82, 2.24) is 5.09 Å². The summed E-state index contributed by atoms with van der Waals surface area (Å²) in [6.07, 6.45) is 0. The van der Waals surface area contributed by atoms with E-state index < -0.39 is 8.09 Å². The molecule has 0 heterocycles. The number of hydrogen-bond acceptors (Lipinski definition) is 4. The molecule has 0 amide bonds. The Morgan fingerprint density at radius 2 is 1.86 bits per heavy atom. The maximum absolute atomic E-state index is 8.16. The molecule has 0 unspecified atom stereocenters. The standard InChI is InChI=1S/C2H10NO3P/c1-2-3-7(4,5)6/h3-7H,2H2,1H3. The Kier molecular flexibility index (Phi) is 2.64. The van der Waals surface area contributed by atoms with Gasteiger partial charge in [-0.25, -0.2) is 0 Å². The fraction of sp³-hybridized carbons (Fsp3) is 1.00. The van der Waals surface area contributed by atoms with Crippen LogP contribution in [0.5, 0.6) is 0 Å². The van der Waals surface area contributed by atoms with E-state index >= 15 is 0 Å². The average molecular weight is 127 g/mol. The molecule has 0 atom stereocenters. The second-order valence-corrected chi connectivity index (χ2v) is 2.79. The van der Waals surface area contributed by atoms with Crippen molar-refractivity contribution in [2.24, 2.45) is 0 Å². The molecule has 0 saturated carbocycles. The first-order chi connectivity index (χ1) is 3.06. The van der Waals surface area contributed by atoms with Gasteiger partial charge in [0.1, 0.15) is 0 Å². The van der Waals surface area contributed by atoms with E-state index in [1.165, 1.54) is 0 Å². The fourth-order valence-electron chi connectivity index (χ4n) is 0.237. The molecule has 0 aromatic rings. The van der Waals surface area contributed by atoms with Gasteiger partial charge in [0, 0.05) is 0 Å². The second kappa shape index (κ2) is 2.55. The summed E-state index contributed by atoms with van der Waals surface area (Å²) in [6.45, 7) is 2.04. The summed E-state index contributed by atoms with van der Waals surface area (Å²) >= 11 is 0. The van der Waals surface area contributed by atoms with Gasteiger partial charge in [0.2, 0.25) is 0 Å². The van der Waals surface area contributed by atoms with Crippen LogP contribution in [-0.4, -0.2) is 21.2 Å². The monoisotopic (exact) mass is 127 g/mol. The molecular formula is C2H10NO3P. The van der Waals surface area contributed by atoms with Crippen LogP contribution < -0.4 is 5.09 Å². The predicted molar refractivity (Wildman–Crippen MR) is 28.6 cm³/mol. The molecule has 4 N–H and O–H groups in total. The first-order valence-electron chi connectivity index (χ1n) is 1.98. The second-order valence-electron chi connectivity index (χ2n) is 1.17. The summed E-state index contributed by atoms with van der Waals surface area (Å²) in [7, 11) is -3.91. The zero-order chi connectivity index (χ0) is 5.91. The third-order valence-corrected chi connectivity index (χ3v) is 1.24. The van der Waals surface area contributed by atoms with Gasteiger partial charge in [0.05, 0.1) is 0 Å². The summed E-state index contributed by atoms with van der Waals surface area (Å²) in [5, 5.41) is 2.09. The first kappa shape index (κ1) is 7.27. The number of rotatable bonds is 2. The van der Waals surface area contributed by atoms with Crippen molar-refractivity contribution in [3.63, 3.8) is 0 Å². The van der Waals surface area contributed by atoms with Gasteiger partial charge in [-0.1, -0.05) is 0 Å². The summed E-state index contributed by atoms with van der Waals surface area (Å²) in [4.78, 5) is 24.5. The first-order valence-corrected chi connectivity index (χ1v) is 3.82. The van der Waals surface area contributed by atoms with Crippen LogP contribution in [-0.2, 0) is 0 Å². The van der Waals surface area contributed by atoms with Gasteiger partial charge in [-0.15, -0.1) is 0 Å². The van der Waals surface area contributed by atoms with Crippen LogP contribution in [0.2, 0.25) is 0 Å². The molecule has 0 fully saturated rings. The molecule has 0 bridgehead atoms. The van der Waals surface area contributed by atoms with Crippen LogP contribution >= 0.6 is 8.09 Å². The topological polar surface area (TPSA) is 72.7 Å². The predicted octanol–water partition coefficient (Wildman–Crippen LogP) is -1.02. The quantitative estimate of drug-likeness (QED) is 0.358. The Hall–Kier alpha value is 0.270. The molecule has 0 aliphatic rings. The van der Waals surface area contributed by atoms with Gasteiger partial charge in [-0.3, -0.25) is 0 Å². The van der Waals surface area contributed by atoms with Crippen LogP contribution in [0.25, 0.3) is 0 Å². The molecule has 0 aliphatic carbocycles. The van der Waals surface area contributed by atoms with E-state index in [4.69, 9.17) is 14.7 Å². The van der Waals surface area contributed by atoms with E-state index in [0.29, 0.717) is 6.54 Å². The van der Waals surface area contributed by atoms with E-state index in [-0.39, 0.29) is 0 Å². The van der Waals surface area contributed by atoms with Crippen molar-refractivity contribution >= 4 is 8.09 Å². The molecule has 0 spiro atoms. The molecular weight excluding hydrogens is 117 g/mol. The average Bonchev–Trinajstić information content (AvgIpc) is 1.30. The SMILES string of the molecule is CCN[PH](O)(O)O. The Morgan fingerprint density at radius 3 is 1.86 bits per heavy atom. The minimum atomic E-state index is -3.91. The third kappa shape index (κ3) is 6.27. The van der Waals surface area contributed by atoms with Crippen molar-refractivity contribution in [2.45, 2.75) is 6.92 Å². The zero-order valence-corrected chi connectivity index (χ0v) is 5.05. The Labute approximate surface area is 42.4 Å². The molecule has 4 nitrogen and oxygen atoms in total. The summed E-state index contributed by atoms with van der Waals surface area (Å²) in [5.41, 5.74) is 0. The van der Waals surface area contributed by atoms with Crippen LogP contribution in [0.3, 0.4) is 0 Å². The zero-order valence-electron chi connectivity index (χ0n) is 4.05. The number of nitrogens with one attached hydrogen (secondary N) is 1. The fourth-order valence-corrected chi connectivity index (χ4v) is 0.712. The van der Waals surface area contributed by atoms with Gasteiger partial charge in [-0.05, 0) is 0 Å². The van der Waals surface area contributed by atoms with Crippen molar-refractivity contribution < 1.29 is 14.7 Å².